The summed E-state index contributed by atoms with van der Waals surface area (Å²) in [5.41, 5.74) is 5.84. The van der Waals surface area contributed by atoms with Gasteiger partial charge in [-0.15, -0.1) is 0 Å². The van der Waals surface area contributed by atoms with E-state index in [0.29, 0.717) is 10.2 Å². The van der Waals surface area contributed by atoms with Crippen LogP contribution in [0.15, 0.2) is 27.6 Å². The normalized spacial score (nSPS) is 18.3. The Balaban J connectivity index is 2.33. The van der Waals surface area contributed by atoms with E-state index in [4.69, 9.17) is 5.73 Å². The first-order valence-electron chi connectivity index (χ1n) is 5.98. The minimum atomic E-state index is -3.52. The third kappa shape index (κ3) is 2.55. The van der Waals surface area contributed by atoms with E-state index in [1.54, 1.807) is 12.1 Å². The van der Waals surface area contributed by atoms with Crippen LogP contribution in [0.25, 0.3) is 0 Å². The van der Waals surface area contributed by atoms with Gasteiger partial charge in [0.2, 0.25) is 10.0 Å². The lowest BCUT2D eigenvalue weighted by Gasteiger charge is -2.41. The van der Waals surface area contributed by atoms with Crippen LogP contribution < -0.4 is 10.5 Å². The van der Waals surface area contributed by atoms with E-state index in [2.05, 4.69) is 20.7 Å². The Morgan fingerprint density at radius 3 is 2.61 bits per heavy atom. The summed E-state index contributed by atoms with van der Waals surface area (Å²) in [7, 11) is -3.52. The molecule has 0 atom stereocenters. The van der Waals surface area contributed by atoms with Crippen LogP contribution in [0.3, 0.4) is 0 Å². The van der Waals surface area contributed by atoms with E-state index >= 15 is 0 Å². The molecule has 3 N–H and O–H groups in total. The highest BCUT2D eigenvalue weighted by Crippen LogP contribution is 2.37. The number of hydrogen-bond acceptors (Lipinski definition) is 3. The second kappa shape index (κ2) is 4.83. The number of anilines is 1. The number of benzene rings is 1. The van der Waals surface area contributed by atoms with E-state index < -0.39 is 10.0 Å². The quantitative estimate of drug-likeness (QED) is 0.832. The average molecular weight is 333 g/mol. The summed E-state index contributed by atoms with van der Waals surface area (Å²) in [6.45, 7) is 2.01. The lowest BCUT2D eigenvalue weighted by atomic mass is 9.76. The van der Waals surface area contributed by atoms with Crippen LogP contribution in [0.2, 0.25) is 0 Å². The number of hydrogen-bond donors (Lipinski definition) is 2. The van der Waals surface area contributed by atoms with Crippen LogP contribution in [0.1, 0.15) is 32.6 Å². The van der Waals surface area contributed by atoms with Crippen LogP contribution in [0, 0.1) is 0 Å². The van der Waals surface area contributed by atoms with Gasteiger partial charge in [-0.3, -0.25) is 0 Å². The number of halogens is 1. The van der Waals surface area contributed by atoms with E-state index in [0.717, 1.165) is 25.7 Å². The fourth-order valence-electron chi connectivity index (χ4n) is 2.20. The van der Waals surface area contributed by atoms with Gasteiger partial charge in [0.15, 0.2) is 0 Å². The number of sulfonamides is 1. The second-order valence-electron chi connectivity index (χ2n) is 4.78. The van der Waals surface area contributed by atoms with Gasteiger partial charge < -0.3 is 5.73 Å². The molecule has 100 valence electrons. The fourth-order valence-corrected chi connectivity index (χ4v) is 4.73. The van der Waals surface area contributed by atoms with Crippen LogP contribution >= 0.6 is 15.9 Å². The topological polar surface area (TPSA) is 72.2 Å². The van der Waals surface area contributed by atoms with Crippen molar-refractivity contribution in [2.75, 3.05) is 5.73 Å². The Morgan fingerprint density at radius 2 is 2.11 bits per heavy atom. The van der Waals surface area contributed by atoms with Crippen molar-refractivity contribution in [3.8, 4) is 0 Å². The van der Waals surface area contributed by atoms with Gasteiger partial charge in [0.05, 0.1) is 4.90 Å². The summed E-state index contributed by atoms with van der Waals surface area (Å²) < 4.78 is 28.1. The third-order valence-corrected chi connectivity index (χ3v) is 6.16. The molecule has 0 aromatic heterocycles. The molecule has 0 spiro atoms. The van der Waals surface area contributed by atoms with Crippen LogP contribution in [0.4, 0.5) is 5.69 Å². The molecule has 1 aromatic carbocycles. The van der Waals surface area contributed by atoms with Crippen molar-refractivity contribution in [2.24, 2.45) is 0 Å². The number of nitrogens with two attached hydrogens (primary N) is 1. The molecule has 0 radical (unpaired) electrons. The molecule has 0 amide bonds. The molecule has 0 aliphatic heterocycles. The summed E-state index contributed by atoms with van der Waals surface area (Å²) in [5.74, 6) is 0. The lowest BCUT2D eigenvalue weighted by Crippen LogP contribution is -2.52. The molecule has 2 rings (SSSR count). The maximum absolute atomic E-state index is 12.4. The van der Waals surface area contributed by atoms with Crippen LogP contribution in [-0.2, 0) is 10.0 Å². The molecule has 1 aromatic rings. The molecule has 1 aliphatic rings. The first-order chi connectivity index (χ1) is 8.38. The molecule has 0 bridgehead atoms. The summed E-state index contributed by atoms with van der Waals surface area (Å²) in [5, 5.41) is 0. The predicted octanol–water partition coefficient (Wildman–Crippen LogP) is 2.64. The Labute approximate surface area is 116 Å². The van der Waals surface area contributed by atoms with Gasteiger partial charge in [-0.2, -0.15) is 0 Å². The first kappa shape index (κ1) is 13.8. The number of nitrogens with one attached hydrogen (secondary N) is 1. The Bertz CT molecular complexity index is 548. The lowest BCUT2D eigenvalue weighted by molar-refractivity contribution is 0.214. The summed E-state index contributed by atoms with van der Waals surface area (Å²) in [4.78, 5) is 0.210. The largest absolute Gasteiger partial charge is 0.399 e. The maximum atomic E-state index is 12.4. The van der Waals surface area contributed by atoms with Gasteiger partial charge in [-0.1, -0.05) is 6.92 Å². The zero-order valence-electron chi connectivity index (χ0n) is 10.2. The highest BCUT2D eigenvalue weighted by Gasteiger charge is 2.39. The van der Waals surface area contributed by atoms with E-state index in [-0.39, 0.29) is 10.4 Å². The Hall–Kier alpha value is -0.590. The van der Waals surface area contributed by atoms with E-state index in [1.165, 1.54) is 6.07 Å². The monoisotopic (exact) mass is 332 g/mol. The van der Waals surface area contributed by atoms with Gasteiger partial charge in [-0.25, -0.2) is 13.1 Å². The van der Waals surface area contributed by atoms with Crippen molar-refractivity contribution in [3.05, 3.63) is 22.7 Å². The zero-order chi connectivity index (χ0) is 13.4. The van der Waals surface area contributed by atoms with Gasteiger partial charge in [0.1, 0.15) is 0 Å². The van der Waals surface area contributed by atoms with E-state index in [1.807, 2.05) is 6.92 Å². The van der Waals surface area contributed by atoms with Gasteiger partial charge in [0, 0.05) is 15.7 Å². The predicted molar refractivity (Wildman–Crippen MR) is 75.7 cm³/mol. The standard InChI is InChI=1S/C12H17BrN2O2S/c1-2-12(6-3-7-12)15-18(16,17)11-8-9(14)4-5-10(11)13/h4-5,8,15H,2-3,6-7,14H2,1H3. The fraction of sp³-hybridized carbons (Fsp3) is 0.500. The average Bonchev–Trinajstić information content (AvgIpc) is 2.27. The number of rotatable bonds is 4. The van der Waals surface area contributed by atoms with Crippen LogP contribution in [0.5, 0.6) is 0 Å². The molecule has 0 heterocycles. The van der Waals surface area contributed by atoms with E-state index in [9.17, 15) is 8.42 Å². The summed E-state index contributed by atoms with van der Waals surface area (Å²) >= 11 is 3.26. The van der Waals surface area contributed by atoms with Crippen molar-refractivity contribution in [1.29, 1.82) is 0 Å². The van der Waals surface area contributed by atoms with Crippen molar-refractivity contribution in [1.82, 2.24) is 4.72 Å². The second-order valence-corrected chi connectivity index (χ2v) is 7.29. The molecule has 0 unspecified atom stereocenters. The third-order valence-electron chi connectivity index (χ3n) is 3.58. The van der Waals surface area contributed by atoms with Crippen molar-refractivity contribution < 1.29 is 8.42 Å². The minimum absolute atomic E-state index is 0.210. The zero-order valence-corrected chi connectivity index (χ0v) is 12.6. The molecule has 1 fully saturated rings. The molecule has 1 saturated carbocycles. The highest BCUT2D eigenvalue weighted by atomic mass is 79.9. The molecule has 18 heavy (non-hydrogen) atoms. The summed E-state index contributed by atoms with van der Waals surface area (Å²) in [6.07, 6.45) is 3.70. The molecular weight excluding hydrogens is 316 g/mol. The van der Waals surface area contributed by atoms with Gasteiger partial charge in [0.25, 0.3) is 0 Å². The van der Waals surface area contributed by atoms with Crippen molar-refractivity contribution in [2.45, 2.75) is 43.0 Å². The molecule has 0 saturated heterocycles. The number of nitrogen functional groups attached to an aromatic ring is 1. The summed E-state index contributed by atoms with van der Waals surface area (Å²) in [6, 6.07) is 4.81. The van der Waals surface area contributed by atoms with Crippen molar-refractivity contribution in [3.63, 3.8) is 0 Å². The first-order valence-corrected chi connectivity index (χ1v) is 8.25. The Kier molecular flexibility index (Phi) is 3.71. The molecule has 6 heteroatoms. The van der Waals surface area contributed by atoms with Gasteiger partial charge >= 0.3 is 0 Å². The maximum Gasteiger partial charge on any atom is 0.242 e. The van der Waals surface area contributed by atoms with Crippen molar-refractivity contribution >= 4 is 31.6 Å². The smallest absolute Gasteiger partial charge is 0.242 e. The van der Waals surface area contributed by atoms with Crippen LogP contribution in [-0.4, -0.2) is 14.0 Å². The Morgan fingerprint density at radius 1 is 1.44 bits per heavy atom. The highest BCUT2D eigenvalue weighted by molar-refractivity contribution is 9.10. The molecular formula is C12H17BrN2O2S. The van der Waals surface area contributed by atoms with Gasteiger partial charge in [-0.05, 0) is 59.8 Å². The minimum Gasteiger partial charge on any atom is -0.399 e. The SMILES string of the molecule is CCC1(NS(=O)(=O)c2cc(N)ccc2Br)CCC1. The molecule has 4 nitrogen and oxygen atoms in total. The molecule has 1 aliphatic carbocycles.